The van der Waals surface area contributed by atoms with Crippen molar-refractivity contribution in [2.75, 3.05) is 13.7 Å². The molecule has 0 fully saturated rings. The van der Waals surface area contributed by atoms with Crippen LogP contribution in [0.4, 0.5) is 0 Å². The van der Waals surface area contributed by atoms with Gasteiger partial charge in [-0.05, 0) is 26.0 Å². The molecule has 0 spiro atoms. The van der Waals surface area contributed by atoms with Gasteiger partial charge in [0.05, 0.1) is 6.10 Å². The Morgan fingerprint density at radius 2 is 2.20 bits per heavy atom. The van der Waals surface area contributed by atoms with Gasteiger partial charge in [-0.15, -0.1) is 0 Å². The summed E-state index contributed by atoms with van der Waals surface area (Å²) >= 11 is 0. The van der Waals surface area contributed by atoms with Crippen molar-refractivity contribution in [3.63, 3.8) is 0 Å². The largest absolute Gasteiger partial charge is 0.378 e. The van der Waals surface area contributed by atoms with E-state index in [0.29, 0.717) is 12.1 Å². The maximum atomic E-state index is 5.52. The summed E-state index contributed by atoms with van der Waals surface area (Å²) in [4.78, 5) is 2.47. The van der Waals surface area contributed by atoms with E-state index in [1.807, 2.05) is 0 Å². The van der Waals surface area contributed by atoms with Crippen LogP contribution >= 0.6 is 0 Å². The van der Waals surface area contributed by atoms with E-state index in [-0.39, 0.29) is 0 Å². The van der Waals surface area contributed by atoms with Crippen molar-refractivity contribution < 1.29 is 4.74 Å². The van der Waals surface area contributed by atoms with Gasteiger partial charge < -0.3 is 9.30 Å². The van der Waals surface area contributed by atoms with Crippen LogP contribution in [0.2, 0.25) is 0 Å². The molecular weight excluding hydrogens is 188 g/mol. The Morgan fingerprint density at radius 3 is 2.87 bits per heavy atom. The van der Waals surface area contributed by atoms with Gasteiger partial charge in [0.2, 0.25) is 0 Å². The van der Waals surface area contributed by atoms with Crippen LogP contribution in [0.25, 0.3) is 0 Å². The Balaban J connectivity index is 2.21. The summed E-state index contributed by atoms with van der Waals surface area (Å²) < 4.78 is 7.82. The highest BCUT2D eigenvalue weighted by atomic mass is 16.5. The van der Waals surface area contributed by atoms with Crippen LogP contribution in [0, 0.1) is 0 Å². The fourth-order valence-electron chi connectivity index (χ4n) is 2.12. The molecule has 1 aromatic heterocycles. The molecule has 0 aliphatic carbocycles. The van der Waals surface area contributed by atoms with Crippen LogP contribution in [0.5, 0.6) is 0 Å². The Kier molecular flexibility index (Phi) is 3.12. The first-order valence-corrected chi connectivity index (χ1v) is 5.61. The maximum Gasteiger partial charge on any atom is 0.0876 e. The second-order valence-corrected chi connectivity index (χ2v) is 4.53. The van der Waals surface area contributed by atoms with Crippen LogP contribution in [0.1, 0.15) is 19.5 Å². The highest BCUT2D eigenvalue weighted by Crippen LogP contribution is 2.16. The first-order valence-electron chi connectivity index (χ1n) is 5.61. The van der Waals surface area contributed by atoms with E-state index in [2.05, 4.69) is 41.6 Å². The molecule has 0 saturated heterocycles. The van der Waals surface area contributed by atoms with E-state index in [4.69, 9.17) is 4.74 Å². The lowest BCUT2D eigenvalue weighted by Crippen LogP contribution is -2.36. The Labute approximate surface area is 91.6 Å². The third-order valence-electron chi connectivity index (χ3n) is 3.19. The smallest absolute Gasteiger partial charge is 0.0876 e. The number of aromatic nitrogens is 1. The minimum Gasteiger partial charge on any atom is -0.378 e. The molecule has 1 aliphatic heterocycles. The molecule has 1 atom stereocenters. The molecule has 0 aromatic carbocycles. The van der Waals surface area contributed by atoms with Gasteiger partial charge in [-0.25, -0.2) is 0 Å². The van der Waals surface area contributed by atoms with Gasteiger partial charge in [-0.3, -0.25) is 4.90 Å². The number of fused-ring (bicyclic) bond motifs is 1. The second kappa shape index (κ2) is 4.37. The van der Waals surface area contributed by atoms with Crippen molar-refractivity contribution in [1.29, 1.82) is 0 Å². The van der Waals surface area contributed by atoms with Gasteiger partial charge in [0.1, 0.15) is 0 Å². The Bertz CT molecular complexity index is 319. The molecular formula is C12H20N2O. The molecule has 0 unspecified atom stereocenters. The molecule has 1 aliphatic rings. The summed E-state index contributed by atoms with van der Waals surface area (Å²) in [6.07, 6.45) is 2.45. The van der Waals surface area contributed by atoms with Gasteiger partial charge in [0.25, 0.3) is 0 Å². The van der Waals surface area contributed by atoms with E-state index in [1.54, 1.807) is 7.11 Å². The average molecular weight is 208 g/mol. The van der Waals surface area contributed by atoms with Crippen molar-refractivity contribution in [2.24, 2.45) is 0 Å². The number of hydrogen-bond acceptors (Lipinski definition) is 2. The number of hydrogen-bond donors (Lipinski definition) is 0. The van der Waals surface area contributed by atoms with E-state index >= 15 is 0 Å². The number of ether oxygens (including phenoxy) is 1. The molecule has 1 aromatic rings. The highest BCUT2D eigenvalue weighted by Gasteiger charge is 2.22. The van der Waals surface area contributed by atoms with E-state index in [1.165, 1.54) is 5.69 Å². The number of nitrogens with zero attached hydrogens (tertiary/aromatic N) is 2. The van der Waals surface area contributed by atoms with Crippen molar-refractivity contribution in [3.8, 4) is 0 Å². The number of rotatable bonds is 2. The fourth-order valence-corrected chi connectivity index (χ4v) is 2.12. The Hall–Kier alpha value is -0.800. The third kappa shape index (κ3) is 2.24. The number of methoxy groups -OCH3 is 1. The van der Waals surface area contributed by atoms with E-state index in [9.17, 15) is 0 Å². The fraction of sp³-hybridized carbons (Fsp3) is 0.667. The zero-order chi connectivity index (χ0) is 10.8. The second-order valence-electron chi connectivity index (χ2n) is 4.53. The van der Waals surface area contributed by atoms with E-state index in [0.717, 1.165) is 19.6 Å². The first-order chi connectivity index (χ1) is 7.20. The lowest BCUT2D eigenvalue weighted by molar-refractivity contribution is 0.0495. The monoisotopic (exact) mass is 208 g/mol. The maximum absolute atomic E-state index is 5.52. The summed E-state index contributed by atoms with van der Waals surface area (Å²) in [6, 6.07) is 4.89. The third-order valence-corrected chi connectivity index (χ3v) is 3.19. The summed E-state index contributed by atoms with van der Waals surface area (Å²) in [5.74, 6) is 0. The Morgan fingerprint density at radius 1 is 1.40 bits per heavy atom. The van der Waals surface area contributed by atoms with Gasteiger partial charge in [0, 0.05) is 44.7 Å². The molecule has 0 amide bonds. The predicted molar refractivity (Wildman–Crippen MR) is 60.8 cm³/mol. The topological polar surface area (TPSA) is 17.4 Å². The van der Waals surface area contributed by atoms with Gasteiger partial charge >= 0.3 is 0 Å². The zero-order valence-corrected chi connectivity index (χ0v) is 9.81. The summed E-state index contributed by atoms with van der Waals surface area (Å²) in [7, 11) is 1.80. The van der Waals surface area contributed by atoms with Crippen LogP contribution in [0.3, 0.4) is 0 Å². The minimum absolute atomic E-state index is 0.307. The highest BCUT2D eigenvalue weighted by molar-refractivity contribution is 5.09. The molecule has 0 radical (unpaired) electrons. The van der Waals surface area contributed by atoms with Gasteiger partial charge in [0.15, 0.2) is 0 Å². The van der Waals surface area contributed by atoms with Crippen LogP contribution in [-0.2, 0) is 17.8 Å². The van der Waals surface area contributed by atoms with Crippen molar-refractivity contribution in [1.82, 2.24) is 9.47 Å². The van der Waals surface area contributed by atoms with Crippen LogP contribution < -0.4 is 0 Å². The van der Waals surface area contributed by atoms with Gasteiger partial charge in [-0.2, -0.15) is 0 Å². The minimum atomic E-state index is 0.307. The standard InChI is InChI=1S/C12H20N2O/c1-10(2)14-7-11-5-4-6-13(11)8-12(9-14)15-3/h4-6,10,12H,7-9H2,1-3H3/t12-/m0/s1. The molecule has 2 rings (SSSR count). The summed E-state index contributed by atoms with van der Waals surface area (Å²) in [5, 5.41) is 0. The van der Waals surface area contributed by atoms with Crippen molar-refractivity contribution in [3.05, 3.63) is 24.0 Å². The van der Waals surface area contributed by atoms with Crippen LogP contribution in [-0.4, -0.2) is 35.3 Å². The summed E-state index contributed by atoms with van der Waals surface area (Å²) in [5.41, 5.74) is 1.39. The lowest BCUT2D eigenvalue weighted by Gasteiger charge is -2.26. The average Bonchev–Trinajstić information content (AvgIpc) is 2.55. The van der Waals surface area contributed by atoms with Gasteiger partial charge in [-0.1, -0.05) is 0 Å². The normalized spacial score (nSPS) is 22.8. The molecule has 84 valence electrons. The van der Waals surface area contributed by atoms with Crippen molar-refractivity contribution >= 4 is 0 Å². The zero-order valence-electron chi connectivity index (χ0n) is 9.81. The molecule has 0 bridgehead atoms. The molecule has 0 saturated carbocycles. The summed E-state index contributed by atoms with van der Waals surface area (Å²) in [6.45, 7) is 7.51. The molecule has 15 heavy (non-hydrogen) atoms. The molecule has 0 N–H and O–H groups in total. The quantitative estimate of drug-likeness (QED) is 0.736. The van der Waals surface area contributed by atoms with Crippen molar-refractivity contribution in [2.45, 2.75) is 39.1 Å². The predicted octanol–water partition coefficient (Wildman–Crippen LogP) is 1.73. The SMILES string of the molecule is CO[C@@H]1CN(C(C)C)Cc2cccn2C1. The molecule has 2 heterocycles. The van der Waals surface area contributed by atoms with Crippen LogP contribution in [0.15, 0.2) is 18.3 Å². The molecule has 3 heteroatoms. The lowest BCUT2D eigenvalue weighted by atomic mass is 10.2. The first kappa shape index (κ1) is 10.7. The molecule has 3 nitrogen and oxygen atoms in total. The van der Waals surface area contributed by atoms with E-state index < -0.39 is 0 Å².